The van der Waals surface area contributed by atoms with E-state index in [2.05, 4.69) is 0 Å². The fraction of sp³-hybridized carbons (Fsp3) is 0.222. The number of carbonyl (C=O) groups excluding carboxylic acids is 1. The number of carbonyl (C=O) groups is 1. The van der Waals surface area contributed by atoms with Crippen molar-refractivity contribution in [1.82, 2.24) is 4.72 Å². The highest BCUT2D eigenvalue weighted by molar-refractivity contribution is 7.91. The van der Waals surface area contributed by atoms with Gasteiger partial charge in [-0.1, -0.05) is 0 Å². The van der Waals surface area contributed by atoms with Crippen molar-refractivity contribution in [2.45, 2.75) is 9.79 Å². The van der Waals surface area contributed by atoms with Gasteiger partial charge in [-0.05, 0) is 18.2 Å². The van der Waals surface area contributed by atoms with Crippen LogP contribution in [-0.2, 0) is 24.7 Å². The average Bonchev–Trinajstić information content (AvgIpc) is 2.25. The summed E-state index contributed by atoms with van der Waals surface area (Å²) in [6.07, 6.45) is 0.855. The molecule has 0 bridgehead atoms. The van der Waals surface area contributed by atoms with E-state index >= 15 is 0 Å². The third kappa shape index (κ3) is 3.98. The molecule has 0 saturated carbocycles. The summed E-state index contributed by atoms with van der Waals surface area (Å²) in [6.45, 7) is -0.717. The summed E-state index contributed by atoms with van der Waals surface area (Å²) < 4.78 is 61.1. The molecule has 1 amide bonds. The number of rotatable bonds is 5. The maximum atomic E-state index is 13.4. The smallest absolute Gasteiger partial charge is 0.243 e. The zero-order valence-corrected chi connectivity index (χ0v) is 11.4. The van der Waals surface area contributed by atoms with Crippen LogP contribution in [0.15, 0.2) is 28.0 Å². The van der Waals surface area contributed by atoms with Gasteiger partial charge in [0.2, 0.25) is 15.9 Å². The summed E-state index contributed by atoms with van der Waals surface area (Å²) in [6, 6.07) is 2.33. The summed E-state index contributed by atoms with van der Waals surface area (Å²) in [5.41, 5.74) is 4.76. The normalized spacial score (nSPS) is 12.3. The number of amides is 1. The molecule has 0 radical (unpaired) electrons. The number of hydrogen-bond donors (Lipinski definition) is 2. The van der Waals surface area contributed by atoms with Crippen LogP contribution in [0, 0.1) is 5.82 Å². The molecule has 1 aromatic rings. The van der Waals surface area contributed by atoms with E-state index < -0.39 is 43.0 Å². The number of primary amides is 1. The van der Waals surface area contributed by atoms with Gasteiger partial charge in [0.25, 0.3) is 0 Å². The van der Waals surface area contributed by atoms with E-state index in [0.29, 0.717) is 6.07 Å². The zero-order valence-electron chi connectivity index (χ0n) is 9.75. The highest BCUT2D eigenvalue weighted by Crippen LogP contribution is 2.19. The topological polar surface area (TPSA) is 123 Å². The van der Waals surface area contributed by atoms with Crippen molar-refractivity contribution in [3.8, 4) is 0 Å². The summed E-state index contributed by atoms with van der Waals surface area (Å²) in [7, 11) is -8.04. The van der Waals surface area contributed by atoms with Crippen molar-refractivity contribution in [2.75, 3.05) is 12.8 Å². The number of sulfonamides is 1. The zero-order chi connectivity index (χ0) is 14.8. The molecule has 0 aliphatic heterocycles. The summed E-state index contributed by atoms with van der Waals surface area (Å²) in [5.74, 6) is -2.09. The van der Waals surface area contributed by atoms with Crippen LogP contribution in [0.2, 0.25) is 0 Å². The lowest BCUT2D eigenvalue weighted by Crippen LogP contribution is -2.33. The second-order valence-electron chi connectivity index (χ2n) is 3.66. The van der Waals surface area contributed by atoms with E-state index in [1.54, 1.807) is 4.72 Å². The molecule has 0 fully saturated rings. The number of sulfone groups is 1. The fourth-order valence-electron chi connectivity index (χ4n) is 1.16. The minimum Gasteiger partial charge on any atom is -0.369 e. The Morgan fingerprint density at radius 3 is 2.37 bits per heavy atom. The molecule has 0 heterocycles. The molecule has 106 valence electrons. The second-order valence-corrected chi connectivity index (χ2v) is 7.41. The predicted molar refractivity (Wildman–Crippen MR) is 63.9 cm³/mol. The van der Waals surface area contributed by atoms with Gasteiger partial charge in [-0.25, -0.2) is 25.9 Å². The minimum atomic E-state index is -4.36. The first kappa shape index (κ1) is 15.5. The van der Waals surface area contributed by atoms with Crippen molar-refractivity contribution >= 4 is 25.8 Å². The van der Waals surface area contributed by atoms with Crippen molar-refractivity contribution < 1.29 is 26.0 Å². The number of benzene rings is 1. The van der Waals surface area contributed by atoms with Gasteiger partial charge in [-0.2, -0.15) is 0 Å². The molecule has 0 spiro atoms. The molecule has 1 aromatic carbocycles. The van der Waals surface area contributed by atoms with Gasteiger partial charge in [0.05, 0.1) is 11.4 Å². The largest absolute Gasteiger partial charge is 0.369 e. The quantitative estimate of drug-likeness (QED) is 0.675. The first-order chi connectivity index (χ1) is 8.54. The van der Waals surface area contributed by atoms with E-state index in [4.69, 9.17) is 5.73 Å². The van der Waals surface area contributed by atoms with Crippen LogP contribution in [-0.4, -0.2) is 35.5 Å². The van der Waals surface area contributed by atoms with Gasteiger partial charge in [-0.15, -0.1) is 0 Å². The Morgan fingerprint density at radius 2 is 1.89 bits per heavy atom. The molecule has 0 atom stereocenters. The van der Waals surface area contributed by atoms with Gasteiger partial charge in [0.1, 0.15) is 10.7 Å². The van der Waals surface area contributed by atoms with Crippen molar-refractivity contribution in [3.63, 3.8) is 0 Å². The van der Waals surface area contributed by atoms with Crippen LogP contribution in [0.3, 0.4) is 0 Å². The Kier molecular flexibility index (Phi) is 4.28. The first-order valence-electron chi connectivity index (χ1n) is 4.81. The third-order valence-corrected chi connectivity index (χ3v) is 4.58. The van der Waals surface area contributed by atoms with E-state index in [-0.39, 0.29) is 4.90 Å². The molecular weight excluding hydrogens is 299 g/mol. The Morgan fingerprint density at radius 1 is 1.32 bits per heavy atom. The highest BCUT2D eigenvalue weighted by atomic mass is 32.2. The van der Waals surface area contributed by atoms with Crippen LogP contribution in [0.4, 0.5) is 4.39 Å². The highest BCUT2D eigenvalue weighted by Gasteiger charge is 2.22. The fourth-order valence-corrected chi connectivity index (χ4v) is 2.98. The monoisotopic (exact) mass is 310 g/mol. The van der Waals surface area contributed by atoms with Crippen molar-refractivity contribution in [3.05, 3.63) is 24.0 Å². The number of hydrogen-bond acceptors (Lipinski definition) is 5. The number of halogens is 1. The van der Waals surface area contributed by atoms with E-state index in [9.17, 15) is 26.0 Å². The molecule has 0 aliphatic carbocycles. The van der Waals surface area contributed by atoms with Crippen LogP contribution < -0.4 is 10.5 Å². The average molecular weight is 310 g/mol. The SMILES string of the molecule is CS(=O)(=O)c1ccc(F)c(S(=O)(=O)NCC(N)=O)c1. The molecule has 0 aromatic heterocycles. The van der Waals surface area contributed by atoms with Crippen molar-refractivity contribution in [2.24, 2.45) is 5.73 Å². The van der Waals surface area contributed by atoms with Crippen LogP contribution in [0.5, 0.6) is 0 Å². The molecule has 1 rings (SSSR count). The first-order valence-corrected chi connectivity index (χ1v) is 8.19. The van der Waals surface area contributed by atoms with Gasteiger partial charge in [-0.3, -0.25) is 4.79 Å². The number of nitrogens with one attached hydrogen (secondary N) is 1. The molecule has 7 nitrogen and oxygen atoms in total. The predicted octanol–water partition coefficient (Wildman–Crippen LogP) is -1.01. The Labute approximate surface area is 109 Å². The molecule has 0 aliphatic rings. The van der Waals surface area contributed by atoms with Crippen molar-refractivity contribution in [1.29, 1.82) is 0 Å². The van der Waals surface area contributed by atoms with Gasteiger partial charge in [0.15, 0.2) is 9.84 Å². The summed E-state index contributed by atoms with van der Waals surface area (Å²) in [5, 5.41) is 0. The lowest BCUT2D eigenvalue weighted by molar-refractivity contribution is -0.116. The lowest BCUT2D eigenvalue weighted by atomic mass is 10.3. The molecule has 10 heteroatoms. The molecule has 0 saturated heterocycles. The number of nitrogens with two attached hydrogens (primary N) is 1. The standard InChI is InChI=1S/C9H11FN2O5S2/c1-18(14,15)6-2-3-7(10)8(4-6)19(16,17)12-5-9(11)13/h2-4,12H,5H2,1H3,(H2,11,13). The van der Waals surface area contributed by atoms with Gasteiger partial charge < -0.3 is 5.73 Å². The Hall–Kier alpha value is -1.52. The molecule has 3 N–H and O–H groups in total. The lowest BCUT2D eigenvalue weighted by Gasteiger charge is -2.07. The third-order valence-electron chi connectivity index (χ3n) is 2.06. The Bertz CT molecular complexity index is 712. The van der Waals surface area contributed by atoms with Gasteiger partial charge in [0, 0.05) is 6.26 Å². The van der Waals surface area contributed by atoms with E-state index in [0.717, 1.165) is 18.4 Å². The summed E-state index contributed by atoms with van der Waals surface area (Å²) >= 11 is 0. The minimum absolute atomic E-state index is 0.353. The van der Waals surface area contributed by atoms with Gasteiger partial charge >= 0.3 is 0 Å². The molecular formula is C9H11FN2O5S2. The van der Waals surface area contributed by atoms with Crippen LogP contribution in [0.1, 0.15) is 0 Å². The molecule has 19 heavy (non-hydrogen) atoms. The maximum absolute atomic E-state index is 13.4. The summed E-state index contributed by atoms with van der Waals surface area (Å²) in [4.78, 5) is 9.28. The van der Waals surface area contributed by atoms with E-state index in [1.165, 1.54) is 0 Å². The van der Waals surface area contributed by atoms with E-state index in [1.807, 2.05) is 0 Å². The molecule has 0 unspecified atom stereocenters. The van der Waals surface area contributed by atoms with Crippen LogP contribution >= 0.6 is 0 Å². The second kappa shape index (κ2) is 5.23. The maximum Gasteiger partial charge on any atom is 0.243 e. The Balaban J connectivity index is 3.30. The van der Waals surface area contributed by atoms with Crippen LogP contribution in [0.25, 0.3) is 0 Å².